The van der Waals surface area contributed by atoms with E-state index in [0.29, 0.717) is 26.4 Å². The van der Waals surface area contributed by atoms with E-state index in [-0.39, 0.29) is 24.8 Å². The van der Waals surface area contributed by atoms with Crippen LogP contribution in [0.4, 0.5) is 11.4 Å². The summed E-state index contributed by atoms with van der Waals surface area (Å²) in [6, 6.07) is 10.0. The molecule has 1 aliphatic rings. The highest BCUT2D eigenvalue weighted by Crippen LogP contribution is 2.34. The van der Waals surface area contributed by atoms with E-state index in [0.717, 1.165) is 4.47 Å². The number of hydrogen-bond acceptors (Lipinski definition) is 2. The molecule has 0 bridgehead atoms. The molecule has 0 spiro atoms. The van der Waals surface area contributed by atoms with Crippen molar-refractivity contribution in [2.45, 2.75) is 6.42 Å². The number of rotatable bonds is 3. The summed E-state index contributed by atoms with van der Waals surface area (Å²) in [6.45, 7) is 0.245. The molecule has 0 radical (unpaired) electrons. The van der Waals surface area contributed by atoms with Gasteiger partial charge in [0.05, 0.1) is 21.7 Å². The monoisotopic (exact) mass is 460 g/mol. The highest BCUT2D eigenvalue weighted by molar-refractivity contribution is 9.10. The topological polar surface area (TPSA) is 49.4 Å². The Kier molecular flexibility index (Phi) is 5.58. The lowest BCUT2D eigenvalue weighted by Crippen LogP contribution is -2.28. The third-order valence-corrected chi connectivity index (χ3v) is 5.67. The average Bonchev–Trinajstić information content (AvgIpc) is 2.95. The van der Waals surface area contributed by atoms with Crippen LogP contribution >= 0.6 is 50.7 Å². The van der Waals surface area contributed by atoms with Crippen molar-refractivity contribution in [2.75, 3.05) is 16.8 Å². The Balaban J connectivity index is 1.74. The van der Waals surface area contributed by atoms with Gasteiger partial charge in [-0.2, -0.15) is 0 Å². The lowest BCUT2D eigenvalue weighted by atomic mass is 10.1. The Morgan fingerprint density at radius 3 is 2.60 bits per heavy atom. The minimum absolute atomic E-state index is 0.110. The third-order valence-electron chi connectivity index (χ3n) is 3.88. The van der Waals surface area contributed by atoms with Crippen LogP contribution in [-0.4, -0.2) is 18.4 Å². The van der Waals surface area contributed by atoms with Crippen LogP contribution in [0.2, 0.25) is 15.1 Å². The van der Waals surface area contributed by atoms with Gasteiger partial charge >= 0.3 is 0 Å². The molecule has 4 nitrogen and oxygen atoms in total. The molecule has 3 rings (SSSR count). The smallest absolute Gasteiger partial charge is 0.229 e. The highest BCUT2D eigenvalue weighted by atomic mass is 79.9. The average molecular weight is 463 g/mol. The summed E-state index contributed by atoms with van der Waals surface area (Å²) >= 11 is 21.5. The second-order valence-electron chi connectivity index (χ2n) is 5.62. The van der Waals surface area contributed by atoms with Gasteiger partial charge in [0.2, 0.25) is 11.8 Å². The van der Waals surface area contributed by atoms with E-state index in [1.165, 1.54) is 4.90 Å². The lowest BCUT2D eigenvalue weighted by molar-refractivity contribution is -0.122. The maximum Gasteiger partial charge on any atom is 0.229 e. The first kappa shape index (κ1) is 18.5. The van der Waals surface area contributed by atoms with E-state index in [1.54, 1.807) is 36.4 Å². The molecule has 1 aliphatic heterocycles. The molecule has 0 unspecified atom stereocenters. The van der Waals surface area contributed by atoms with Gasteiger partial charge in [-0.15, -0.1) is 0 Å². The van der Waals surface area contributed by atoms with Gasteiger partial charge in [-0.3, -0.25) is 9.59 Å². The predicted octanol–water partition coefficient (Wildman–Crippen LogP) is 5.40. The van der Waals surface area contributed by atoms with Crippen molar-refractivity contribution in [3.63, 3.8) is 0 Å². The molecule has 130 valence electrons. The van der Waals surface area contributed by atoms with Crippen molar-refractivity contribution in [1.82, 2.24) is 0 Å². The first-order valence-electron chi connectivity index (χ1n) is 7.36. The summed E-state index contributed by atoms with van der Waals surface area (Å²) in [5, 5.41) is 4.17. The van der Waals surface area contributed by atoms with Gasteiger partial charge in [0, 0.05) is 28.1 Å². The molecule has 8 heteroatoms. The number of anilines is 2. The van der Waals surface area contributed by atoms with Crippen molar-refractivity contribution in [2.24, 2.45) is 5.92 Å². The molecular formula is C17H12BrCl3N2O2. The van der Waals surface area contributed by atoms with Crippen molar-refractivity contribution < 1.29 is 9.59 Å². The second-order valence-corrected chi connectivity index (χ2v) is 7.72. The number of benzene rings is 2. The third kappa shape index (κ3) is 4.11. The SMILES string of the molecule is O=C(Nc1ccc(Br)c(Cl)c1)[C@H]1CC(=O)N(c2cc(Cl)ccc2Cl)C1. The fraction of sp³-hybridized carbons (Fsp3) is 0.176. The molecule has 1 N–H and O–H groups in total. The molecular weight excluding hydrogens is 450 g/mol. The van der Waals surface area contributed by atoms with Crippen molar-refractivity contribution in [1.29, 1.82) is 0 Å². The van der Waals surface area contributed by atoms with E-state index >= 15 is 0 Å². The number of hydrogen-bond donors (Lipinski definition) is 1. The Morgan fingerprint density at radius 2 is 1.88 bits per heavy atom. The summed E-state index contributed by atoms with van der Waals surface area (Å²) in [5.41, 5.74) is 1.09. The number of amides is 2. The molecule has 0 aliphatic carbocycles. The molecule has 2 aromatic rings. The zero-order valence-electron chi connectivity index (χ0n) is 12.7. The fourth-order valence-electron chi connectivity index (χ4n) is 2.63. The van der Waals surface area contributed by atoms with Crippen molar-refractivity contribution in [3.8, 4) is 0 Å². The summed E-state index contributed by atoms with van der Waals surface area (Å²) < 4.78 is 0.741. The number of halogens is 4. The number of carbonyl (C=O) groups is 2. The Labute approximate surface area is 168 Å². The molecule has 1 fully saturated rings. The number of nitrogens with zero attached hydrogens (tertiary/aromatic N) is 1. The summed E-state index contributed by atoms with van der Waals surface area (Å²) in [4.78, 5) is 26.3. The van der Waals surface area contributed by atoms with Gasteiger partial charge in [0.1, 0.15) is 0 Å². The van der Waals surface area contributed by atoms with Gasteiger partial charge in [0.25, 0.3) is 0 Å². The maximum atomic E-state index is 12.5. The molecule has 1 saturated heterocycles. The lowest BCUT2D eigenvalue weighted by Gasteiger charge is -2.18. The summed E-state index contributed by atoms with van der Waals surface area (Å²) in [6.07, 6.45) is 0.110. The van der Waals surface area contributed by atoms with E-state index in [4.69, 9.17) is 34.8 Å². The van der Waals surface area contributed by atoms with Gasteiger partial charge in [0.15, 0.2) is 0 Å². The Bertz CT molecular complexity index is 860. The van der Waals surface area contributed by atoms with Crippen molar-refractivity contribution >= 4 is 73.9 Å². The zero-order chi connectivity index (χ0) is 18.1. The van der Waals surface area contributed by atoms with E-state index in [9.17, 15) is 9.59 Å². The van der Waals surface area contributed by atoms with Gasteiger partial charge < -0.3 is 10.2 Å². The van der Waals surface area contributed by atoms with Crippen LogP contribution in [0.1, 0.15) is 6.42 Å². The van der Waals surface area contributed by atoms with Gasteiger partial charge in [-0.25, -0.2) is 0 Å². The Hall–Kier alpha value is -1.27. The van der Waals surface area contributed by atoms with Gasteiger partial charge in [-0.05, 0) is 52.3 Å². The zero-order valence-corrected chi connectivity index (χ0v) is 16.6. The minimum Gasteiger partial charge on any atom is -0.326 e. The standard InChI is InChI=1S/C17H12BrCl3N2O2/c18-12-3-2-11(7-14(12)21)22-17(25)9-5-16(24)23(8-9)15-6-10(19)1-4-13(15)20/h1-4,6-7,9H,5,8H2,(H,22,25)/t9-/m0/s1. The largest absolute Gasteiger partial charge is 0.326 e. The molecule has 0 aromatic heterocycles. The molecule has 2 aromatic carbocycles. The van der Waals surface area contributed by atoms with E-state index in [1.807, 2.05) is 0 Å². The molecule has 1 heterocycles. The van der Waals surface area contributed by atoms with Crippen LogP contribution in [0.3, 0.4) is 0 Å². The Morgan fingerprint density at radius 1 is 1.12 bits per heavy atom. The summed E-state index contributed by atoms with van der Waals surface area (Å²) in [5.74, 6) is -0.893. The van der Waals surface area contributed by atoms with E-state index < -0.39 is 5.92 Å². The van der Waals surface area contributed by atoms with Crippen LogP contribution in [0.15, 0.2) is 40.9 Å². The first-order valence-corrected chi connectivity index (χ1v) is 9.29. The normalized spacial score (nSPS) is 17.0. The second kappa shape index (κ2) is 7.54. The molecule has 25 heavy (non-hydrogen) atoms. The quantitative estimate of drug-likeness (QED) is 0.664. The predicted molar refractivity (Wildman–Crippen MR) is 105 cm³/mol. The highest BCUT2D eigenvalue weighted by Gasteiger charge is 2.36. The van der Waals surface area contributed by atoms with Gasteiger partial charge in [-0.1, -0.05) is 34.8 Å². The number of nitrogens with one attached hydrogen (secondary N) is 1. The van der Waals surface area contributed by atoms with Crippen molar-refractivity contribution in [3.05, 3.63) is 55.9 Å². The van der Waals surface area contributed by atoms with Crippen LogP contribution < -0.4 is 10.2 Å². The van der Waals surface area contributed by atoms with Crippen LogP contribution in [0.25, 0.3) is 0 Å². The van der Waals surface area contributed by atoms with E-state index in [2.05, 4.69) is 21.2 Å². The van der Waals surface area contributed by atoms with Crippen LogP contribution in [0.5, 0.6) is 0 Å². The minimum atomic E-state index is -0.482. The molecule has 2 amide bonds. The fourth-order valence-corrected chi connectivity index (χ4v) is 3.44. The maximum absolute atomic E-state index is 12.5. The first-order chi connectivity index (χ1) is 11.8. The number of carbonyl (C=O) groups excluding carboxylic acids is 2. The summed E-state index contributed by atoms with van der Waals surface area (Å²) in [7, 11) is 0. The molecule has 0 saturated carbocycles. The van der Waals surface area contributed by atoms with Crippen LogP contribution in [-0.2, 0) is 9.59 Å². The molecule has 1 atom stereocenters. The van der Waals surface area contributed by atoms with Crippen LogP contribution in [0, 0.1) is 5.92 Å².